The fraction of sp³-hybridized carbons (Fsp3) is 0.508. The van der Waals surface area contributed by atoms with Crippen LogP contribution in [0.15, 0.2) is 43.0 Å². The molecule has 0 unspecified atom stereocenters. The molecular weight excluding hydrogens is 1170 g/mol. The summed E-state index contributed by atoms with van der Waals surface area (Å²) in [6, 6.07) is 11.1. The molecule has 0 radical (unpaired) electrons. The molecule has 23 heteroatoms. The minimum absolute atomic E-state index is 0.0754. The zero-order valence-corrected chi connectivity index (χ0v) is 55.6. The van der Waals surface area contributed by atoms with Crippen molar-refractivity contribution in [2.24, 2.45) is 0 Å². The summed E-state index contributed by atoms with van der Waals surface area (Å²) in [6.45, 7) is 35.5. The molecule has 464 valence electrons. The number of thiazole rings is 2. The molecule has 6 heterocycles. The molecule has 0 fully saturated rings. The van der Waals surface area contributed by atoms with Crippen molar-refractivity contribution in [2.75, 3.05) is 36.8 Å². The Hall–Kier alpha value is -6.95. The maximum Gasteiger partial charge on any atom is 0.410 e. The van der Waals surface area contributed by atoms with Gasteiger partial charge in [-0.25, -0.2) is 29.1 Å². The van der Waals surface area contributed by atoms with Crippen LogP contribution in [0.3, 0.4) is 0 Å². The van der Waals surface area contributed by atoms with Gasteiger partial charge in [-0.15, -0.1) is 45.3 Å². The fourth-order valence-corrected chi connectivity index (χ4v) is 14.0. The fourth-order valence-electron chi connectivity index (χ4n) is 9.29. The van der Waals surface area contributed by atoms with Crippen molar-refractivity contribution in [1.29, 1.82) is 0 Å². The van der Waals surface area contributed by atoms with Gasteiger partial charge in [-0.1, -0.05) is 24.8 Å². The molecule has 6 amide bonds. The number of benzene rings is 2. The van der Waals surface area contributed by atoms with Gasteiger partial charge in [0.25, 0.3) is 0 Å². The number of fused-ring (bicyclic) bond motifs is 4. The van der Waals surface area contributed by atoms with Gasteiger partial charge < -0.3 is 49.2 Å². The van der Waals surface area contributed by atoms with Crippen molar-refractivity contribution in [1.82, 2.24) is 29.6 Å². The van der Waals surface area contributed by atoms with Crippen LogP contribution in [-0.4, -0.2) is 133 Å². The molecule has 2 aromatic carbocycles. The summed E-state index contributed by atoms with van der Waals surface area (Å²) in [7, 11) is 0. The molecule has 19 nitrogen and oxygen atoms in total. The number of nitrogens with one attached hydrogen (secondary N) is 2. The first-order chi connectivity index (χ1) is 40.1. The number of aromatic nitrogens is 2. The topological polar surface area (TPSA) is 219 Å². The molecule has 0 spiro atoms. The lowest BCUT2D eigenvalue weighted by Gasteiger charge is -2.30. The Morgan fingerprint density at radius 1 is 0.581 bits per heavy atom. The number of carbonyl (C=O) groups excluding carboxylic acids is 7. The van der Waals surface area contributed by atoms with Gasteiger partial charge in [-0.05, 0) is 165 Å². The molecule has 2 aliphatic rings. The van der Waals surface area contributed by atoms with E-state index in [4.69, 9.17) is 28.9 Å². The molecule has 2 aliphatic heterocycles. The third kappa shape index (κ3) is 17.6. The van der Waals surface area contributed by atoms with Gasteiger partial charge in [0, 0.05) is 77.5 Å². The number of thiophene rings is 2. The van der Waals surface area contributed by atoms with Crippen molar-refractivity contribution in [2.45, 2.75) is 184 Å². The van der Waals surface area contributed by atoms with Crippen LogP contribution in [0.4, 0.5) is 29.2 Å². The monoisotopic (exact) mass is 1250 g/mol. The summed E-state index contributed by atoms with van der Waals surface area (Å²) in [6.07, 6.45) is 2.31. The molecular formula is C63H82N8O11S4. The summed E-state index contributed by atoms with van der Waals surface area (Å²) in [4.78, 5) is 107. The predicted molar refractivity (Wildman–Crippen MR) is 345 cm³/mol. The van der Waals surface area contributed by atoms with Crippen molar-refractivity contribution in [3.05, 3.63) is 75.0 Å². The number of hydrogen-bond donors (Lipinski definition) is 2. The Bertz CT molecular complexity index is 3280. The third-order valence-electron chi connectivity index (χ3n) is 13.2. The van der Waals surface area contributed by atoms with E-state index in [1.54, 1.807) is 49.1 Å². The van der Waals surface area contributed by atoms with E-state index in [9.17, 15) is 33.6 Å². The highest BCUT2D eigenvalue weighted by Crippen LogP contribution is 2.48. The molecule has 0 saturated heterocycles. The third-order valence-corrected chi connectivity index (χ3v) is 17.6. The SMILES string of the molecule is C=Cc1ccc2sc(-c3c(NC(=O)CCN(C(=O)OC(C)(C)C)C(C)C)sc4c3CCN(C(=O)OC(C)(C)C)C4)nc2c1.CC(C)N(CCC(=O)Nc1sc2c(c1-c1nc3cc(C=O)ccc3s1)CCN(C(=O)OC(C)(C)C)C2)C(=O)OC(C)(C)C. The summed E-state index contributed by atoms with van der Waals surface area (Å²) in [5.41, 5.74) is 4.47. The smallest absolute Gasteiger partial charge is 0.410 e. The lowest BCUT2D eigenvalue weighted by Crippen LogP contribution is -2.42. The first-order valence-electron chi connectivity index (χ1n) is 28.8. The number of carbonyl (C=O) groups is 7. The number of amides is 6. The quantitative estimate of drug-likeness (QED) is 0.0767. The summed E-state index contributed by atoms with van der Waals surface area (Å²) in [5.74, 6) is -0.462. The van der Waals surface area contributed by atoms with Crippen molar-refractivity contribution in [3.63, 3.8) is 0 Å². The number of hydrogen-bond acceptors (Lipinski definition) is 17. The minimum Gasteiger partial charge on any atom is -0.444 e. The van der Waals surface area contributed by atoms with E-state index in [1.807, 2.05) is 135 Å². The maximum atomic E-state index is 13.3. The maximum absolute atomic E-state index is 13.3. The second kappa shape index (κ2) is 27.0. The van der Waals surface area contributed by atoms with Crippen molar-refractivity contribution in [3.8, 4) is 21.1 Å². The predicted octanol–water partition coefficient (Wildman–Crippen LogP) is 15.0. The highest BCUT2D eigenvalue weighted by Gasteiger charge is 2.35. The Labute approximate surface area is 520 Å². The molecule has 8 rings (SSSR count). The van der Waals surface area contributed by atoms with E-state index >= 15 is 0 Å². The molecule has 86 heavy (non-hydrogen) atoms. The molecule has 0 saturated carbocycles. The molecule has 0 aliphatic carbocycles. The Morgan fingerprint density at radius 2 is 0.953 bits per heavy atom. The number of ether oxygens (including phenoxy) is 4. The lowest BCUT2D eigenvalue weighted by molar-refractivity contribution is -0.117. The molecule has 2 N–H and O–H groups in total. The first kappa shape index (κ1) is 66.6. The normalized spacial score (nSPS) is 13.6. The van der Waals surface area contributed by atoms with Crippen molar-refractivity contribution >= 4 is 124 Å². The van der Waals surface area contributed by atoms with Gasteiger partial charge in [0.05, 0.1) is 33.5 Å². The molecule has 0 bridgehead atoms. The van der Waals surface area contributed by atoms with Gasteiger partial charge in [0.15, 0.2) is 0 Å². The number of anilines is 2. The zero-order valence-electron chi connectivity index (χ0n) is 52.4. The van der Waals surface area contributed by atoms with Crippen LogP contribution < -0.4 is 10.6 Å². The van der Waals surface area contributed by atoms with Crippen LogP contribution in [-0.2, 0) is 54.5 Å². The first-order valence-corrected chi connectivity index (χ1v) is 32.1. The minimum atomic E-state index is -0.644. The van der Waals surface area contributed by atoms with Gasteiger partial charge in [0.2, 0.25) is 11.8 Å². The Kier molecular flexibility index (Phi) is 20.9. The second-order valence-electron chi connectivity index (χ2n) is 25.7. The van der Waals surface area contributed by atoms with Crippen LogP contribution in [0.2, 0.25) is 0 Å². The second-order valence-corrected chi connectivity index (χ2v) is 29.9. The Morgan fingerprint density at radius 3 is 1.30 bits per heavy atom. The summed E-state index contributed by atoms with van der Waals surface area (Å²) >= 11 is 5.94. The average molecular weight is 1260 g/mol. The van der Waals surface area contributed by atoms with E-state index in [1.165, 1.54) is 34.0 Å². The van der Waals surface area contributed by atoms with Crippen molar-refractivity contribution < 1.29 is 52.5 Å². The zero-order chi connectivity index (χ0) is 63.4. The lowest BCUT2D eigenvalue weighted by atomic mass is 10.0. The van der Waals surface area contributed by atoms with Gasteiger partial charge in [-0.2, -0.15) is 0 Å². The van der Waals surface area contributed by atoms with Crippen LogP contribution in [0.25, 0.3) is 47.7 Å². The molecule has 6 aromatic rings. The van der Waals surface area contributed by atoms with E-state index in [0.29, 0.717) is 60.1 Å². The molecule has 0 atom stereocenters. The van der Waals surface area contributed by atoms with E-state index in [2.05, 4.69) is 17.2 Å². The van der Waals surface area contributed by atoms with Gasteiger partial charge in [0.1, 0.15) is 48.7 Å². The number of aldehydes is 1. The van der Waals surface area contributed by atoms with E-state index in [-0.39, 0.29) is 62.0 Å². The van der Waals surface area contributed by atoms with Gasteiger partial charge in [-0.3, -0.25) is 14.4 Å². The van der Waals surface area contributed by atoms with E-state index < -0.39 is 34.6 Å². The summed E-state index contributed by atoms with van der Waals surface area (Å²) in [5, 5.41) is 9.06. The standard InChI is InChI=1S/C32H42N4O5S2.C31H40N4O6S2/c1-10-20-11-12-23-22(17-20)33-27(42-23)26-21-13-15-35(29(38)40-31(4,5)6)18-24(21)43-28(26)34-25(37)14-16-36(19(2)3)30(39)41-32(7,8)9;1-18(2)35(29(39)41-31(6,7)8)14-12-24(37)33-27-25(26-32-21-15-19(17-36)9-10-22(21)42-26)20-11-13-34(16-23(20)43-27)28(38)40-30(3,4)5/h10-12,17,19H,1,13-16,18H2,2-9H3,(H,34,37);9-10,15,17-18H,11-14,16H2,1-8H3,(H,33,37). The number of nitrogens with zero attached hydrogens (tertiary/aromatic N) is 6. The summed E-state index contributed by atoms with van der Waals surface area (Å²) < 4.78 is 24.3. The molecule has 4 aromatic heterocycles. The van der Waals surface area contributed by atoms with E-state index in [0.717, 1.165) is 68.8 Å². The largest absolute Gasteiger partial charge is 0.444 e. The highest BCUT2D eigenvalue weighted by atomic mass is 32.1. The highest BCUT2D eigenvalue weighted by molar-refractivity contribution is 7.23. The van der Waals surface area contributed by atoms with Gasteiger partial charge >= 0.3 is 24.4 Å². The number of rotatable bonds is 14. The van der Waals surface area contributed by atoms with Crippen LogP contribution in [0.5, 0.6) is 0 Å². The Balaban J connectivity index is 0.000000246. The van der Waals surface area contributed by atoms with Crippen LogP contribution in [0, 0.1) is 0 Å². The van der Waals surface area contributed by atoms with Crippen LogP contribution in [0.1, 0.15) is 160 Å². The average Bonchev–Trinajstić information content (AvgIpc) is 1.64. The van der Waals surface area contributed by atoms with Crippen LogP contribution >= 0.6 is 45.3 Å².